The minimum absolute atomic E-state index is 0.167. The van der Waals surface area contributed by atoms with Crippen molar-refractivity contribution in [2.75, 3.05) is 0 Å². The normalized spacial score (nSPS) is 25.0. The molecule has 17 heavy (non-hydrogen) atoms. The second-order valence-corrected chi connectivity index (χ2v) is 5.44. The van der Waals surface area contributed by atoms with E-state index in [9.17, 15) is 0 Å². The molecule has 0 radical (unpaired) electrons. The van der Waals surface area contributed by atoms with E-state index in [0.29, 0.717) is 11.7 Å². The fraction of sp³-hybridized carbons (Fsp3) is 0.500. The zero-order chi connectivity index (χ0) is 11.7. The molecule has 4 nitrogen and oxygen atoms in total. The summed E-state index contributed by atoms with van der Waals surface area (Å²) in [7, 11) is 0. The third-order valence-electron chi connectivity index (χ3n) is 3.32. The summed E-state index contributed by atoms with van der Waals surface area (Å²) in [5.41, 5.74) is 6.11. The van der Waals surface area contributed by atoms with Gasteiger partial charge >= 0.3 is 0 Å². The van der Waals surface area contributed by atoms with Gasteiger partial charge in [-0.3, -0.25) is 0 Å². The minimum Gasteiger partial charge on any atom is -0.339 e. The molecule has 0 spiro atoms. The molecule has 0 amide bonds. The quantitative estimate of drug-likeness (QED) is 0.888. The van der Waals surface area contributed by atoms with Gasteiger partial charge in [-0.15, -0.1) is 11.3 Å². The standard InChI is InChI=1S/C12H15N3OS/c13-9-5-2-1-4-8(9)12-14-11(15-16-12)10-6-3-7-17-10/h3,6-9H,1-2,4-5,13H2. The summed E-state index contributed by atoms with van der Waals surface area (Å²) < 4.78 is 5.36. The van der Waals surface area contributed by atoms with Gasteiger partial charge in [0.15, 0.2) is 0 Å². The molecule has 1 aliphatic carbocycles. The predicted octanol–water partition coefficient (Wildman–Crippen LogP) is 2.78. The van der Waals surface area contributed by atoms with E-state index in [1.54, 1.807) is 11.3 Å². The van der Waals surface area contributed by atoms with E-state index in [1.807, 2.05) is 17.5 Å². The SMILES string of the molecule is NC1CCCCC1c1nc(-c2cccs2)no1. The first kappa shape index (κ1) is 10.9. The maximum absolute atomic E-state index is 6.11. The Morgan fingerprint density at radius 1 is 1.35 bits per heavy atom. The Morgan fingerprint density at radius 2 is 2.24 bits per heavy atom. The molecule has 2 aromatic rings. The average molecular weight is 249 g/mol. The summed E-state index contributed by atoms with van der Waals surface area (Å²) in [6.45, 7) is 0. The summed E-state index contributed by atoms with van der Waals surface area (Å²) in [5, 5.41) is 6.05. The largest absolute Gasteiger partial charge is 0.339 e. The number of hydrogen-bond acceptors (Lipinski definition) is 5. The van der Waals surface area contributed by atoms with Gasteiger partial charge in [0, 0.05) is 6.04 Å². The van der Waals surface area contributed by atoms with Gasteiger partial charge in [0.25, 0.3) is 0 Å². The molecule has 2 atom stereocenters. The van der Waals surface area contributed by atoms with E-state index in [2.05, 4.69) is 10.1 Å². The Hall–Kier alpha value is -1.20. The minimum atomic E-state index is 0.167. The summed E-state index contributed by atoms with van der Waals surface area (Å²) in [5.74, 6) is 1.64. The van der Waals surface area contributed by atoms with E-state index in [4.69, 9.17) is 10.3 Å². The van der Waals surface area contributed by atoms with Crippen LogP contribution < -0.4 is 5.73 Å². The lowest BCUT2D eigenvalue weighted by Crippen LogP contribution is -2.31. The van der Waals surface area contributed by atoms with Crippen LogP contribution in [0.1, 0.15) is 37.5 Å². The van der Waals surface area contributed by atoms with E-state index < -0.39 is 0 Å². The Kier molecular flexibility index (Phi) is 2.94. The Balaban J connectivity index is 1.84. The monoisotopic (exact) mass is 249 g/mol. The van der Waals surface area contributed by atoms with Crippen molar-refractivity contribution in [3.8, 4) is 10.7 Å². The molecule has 2 aromatic heterocycles. The van der Waals surface area contributed by atoms with Crippen LogP contribution in [0, 0.1) is 0 Å². The van der Waals surface area contributed by atoms with Crippen LogP contribution >= 0.6 is 11.3 Å². The molecule has 90 valence electrons. The van der Waals surface area contributed by atoms with Crippen molar-refractivity contribution >= 4 is 11.3 Å². The first-order valence-corrected chi connectivity index (χ1v) is 6.85. The van der Waals surface area contributed by atoms with Crippen LogP contribution in [0.2, 0.25) is 0 Å². The lowest BCUT2D eigenvalue weighted by atomic mass is 9.85. The number of hydrogen-bond donors (Lipinski definition) is 1. The van der Waals surface area contributed by atoms with Gasteiger partial charge in [-0.25, -0.2) is 0 Å². The van der Waals surface area contributed by atoms with Gasteiger partial charge in [-0.05, 0) is 24.3 Å². The highest BCUT2D eigenvalue weighted by Crippen LogP contribution is 2.32. The van der Waals surface area contributed by atoms with Crippen molar-refractivity contribution in [2.24, 2.45) is 5.73 Å². The Morgan fingerprint density at radius 3 is 3.00 bits per heavy atom. The molecule has 0 aromatic carbocycles. The summed E-state index contributed by atoms with van der Waals surface area (Å²) >= 11 is 1.62. The highest BCUT2D eigenvalue weighted by atomic mass is 32.1. The highest BCUT2D eigenvalue weighted by Gasteiger charge is 2.28. The van der Waals surface area contributed by atoms with Gasteiger partial charge < -0.3 is 10.3 Å². The molecule has 2 unspecified atom stereocenters. The Bertz CT molecular complexity index is 480. The topological polar surface area (TPSA) is 64.9 Å². The fourth-order valence-electron chi connectivity index (χ4n) is 2.36. The number of thiophene rings is 1. The van der Waals surface area contributed by atoms with Crippen molar-refractivity contribution in [1.82, 2.24) is 10.1 Å². The zero-order valence-electron chi connectivity index (χ0n) is 9.50. The number of nitrogens with two attached hydrogens (primary N) is 1. The molecule has 1 aliphatic rings. The van der Waals surface area contributed by atoms with Crippen LogP contribution in [0.3, 0.4) is 0 Å². The van der Waals surface area contributed by atoms with E-state index in [1.165, 1.54) is 12.8 Å². The van der Waals surface area contributed by atoms with Crippen LogP contribution in [0.15, 0.2) is 22.0 Å². The Labute approximate surface area is 104 Å². The molecule has 0 aliphatic heterocycles. The van der Waals surface area contributed by atoms with Gasteiger partial charge in [0.2, 0.25) is 11.7 Å². The summed E-state index contributed by atoms with van der Waals surface area (Å²) in [6, 6.07) is 4.16. The number of nitrogens with zero attached hydrogens (tertiary/aromatic N) is 2. The zero-order valence-corrected chi connectivity index (χ0v) is 10.3. The predicted molar refractivity (Wildman–Crippen MR) is 66.8 cm³/mol. The van der Waals surface area contributed by atoms with Crippen molar-refractivity contribution in [1.29, 1.82) is 0 Å². The second kappa shape index (κ2) is 4.58. The molecule has 5 heteroatoms. The molecule has 3 rings (SSSR count). The van der Waals surface area contributed by atoms with E-state index in [0.717, 1.165) is 17.7 Å². The van der Waals surface area contributed by atoms with Crippen LogP contribution in [-0.4, -0.2) is 16.2 Å². The third kappa shape index (κ3) is 2.12. The summed E-state index contributed by atoms with van der Waals surface area (Å²) in [4.78, 5) is 5.53. The molecule has 0 bridgehead atoms. The first-order valence-electron chi connectivity index (χ1n) is 5.97. The highest BCUT2D eigenvalue weighted by molar-refractivity contribution is 7.13. The van der Waals surface area contributed by atoms with Crippen molar-refractivity contribution in [3.63, 3.8) is 0 Å². The van der Waals surface area contributed by atoms with Gasteiger partial charge in [0.05, 0.1) is 10.8 Å². The maximum atomic E-state index is 6.11. The lowest BCUT2D eigenvalue weighted by Gasteiger charge is -2.25. The van der Waals surface area contributed by atoms with Crippen LogP contribution in [0.5, 0.6) is 0 Å². The molecular formula is C12H15N3OS. The molecule has 2 N–H and O–H groups in total. The summed E-state index contributed by atoms with van der Waals surface area (Å²) in [6.07, 6.45) is 4.54. The molecule has 1 fully saturated rings. The van der Waals surface area contributed by atoms with Crippen molar-refractivity contribution in [3.05, 3.63) is 23.4 Å². The number of aromatic nitrogens is 2. The fourth-order valence-corrected chi connectivity index (χ4v) is 3.01. The lowest BCUT2D eigenvalue weighted by molar-refractivity contribution is 0.290. The molecule has 1 saturated carbocycles. The molecular weight excluding hydrogens is 234 g/mol. The van der Waals surface area contributed by atoms with Crippen LogP contribution in [0.4, 0.5) is 0 Å². The van der Waals surface area contributed by atoms with E-state index >= 15 is 0 Å². The smallest absolute Gasteiger partial charge is 0.231 e. The molecule has 0 saturated heterocycles. The van der Waals surface area contributed by atoms with Gasteiger partial charge in [-0.1, -0.05) is 24.1 Å². The second-order valence-electron chi connectivity index (χ2n) is 4.49. The van der Waals surface area contributed by atoms with Crippen molar-refractivity contribution in [2.45, 2.75) is 37.6 Å². The third-order valence-corrected chi connectivity index (χ3v) is 4.19. The first-order chi connectivity index (χ1) is 8.34. The van der Waals surface area contributed by atoms with Crippen LogP contribution in [0.25, 0.3) is 10.7 Å². The van der Waals surface area contributed by atoms with E-state index in [-0.39, 0.29) is 12.0 Å². The average Bonchev–Trinajstić information content (AvgIpc) is 3.00. The molecule has 2 heterocycles. The maximum Gasteiger partial charge on any atom is 0.231 e. The van der Waals surface area contributed by atoms with Gasteiger partial charge in [-0.2, -0.15) is 4.98 Å². The number of rotatable bonds is 2. The van der Waals surface area contributed by atoms with Crippen molar-refractivity contribution < 1.29 is 4.52 Å². The van der Waals surface area contributed by atoms with Crippen LogP contribution in [-0.2, 0) is 0 Å². The van der Waals surface area contributed by atoms with Gasteiger partial charge in [0.1, 0.15) is 0 Å².